The topological polar surface area (TPSA) is 205 Å². The first kappa shape index (κ1) is 23.2. The molecule has 0 fully saturated rings. The van der Waals surface area contributed by atoms with Crippen LogP contribution in [0, 0.1) is 25.6 Å². The van der Waals surface area contributed by atoms with E-state index in [0.717, 1.165) is 36.4 Å². The largest absolute Gasteiger partial charge is 0.356 e. The summed E-state index contributed by atoms with van der Waals surface area (Å²) < 4.78 is 0. The predicted octanol–water partition coefficient (Wildman–Crippen LogP) is 1.08. The third kappa shape index (κ3) is 3.59. The molecule has 2 aromatic rings. The predicted molar refractivity (Wildman–Crippen MR) is 118 cm³/mol. The Morgan fingerprint density at radius 2 is 1.46 bits per heavy atom. The van der Waals surface area contributed by atoms with Crippen molar-refractivity contribution in [3.05, 3.63) is 56.6 Å². The van der Waals surface area contributed by atoms with Crippen LogP contribution in [0.2, 0.25) is 0 Å². The zero-order chi connectivity index (χ0) is 25.8. The minimum absolute atomic E-state index is 0.130. The molecule has 1 atom stereocenters. The van der Waals surface area contributed by atoms with Gasteiger partial charge in [-0.3, -0.25) is 49.2 Å². The summed E-state index contributed by atoms with van der Waals surface area (Å²) in [6.45, 7) is 2.48. The second-order valence-corrected chi connectivity index (χ2v) is 8.15. The van der Waals surface area contributed by atoms with E-state index in [1.807, 2.05) is 0 Å². The summed E-state index contributed by atoms with van der Waals surface area (Å²) in [5.41, 5.74) is -3.76. The molecule has 2 aliphatic rings. The molecule has 0 radical (unpaired) electrons. The van der Waals surface area contributed by atoms with E-state index in [1.165, 1.54) is 13.8 Å². The van der Waals surface area contributed by atoms with Gasteiger partial charge in [0, 0.05) is 24.3 Å². The Labute approximate surface area is 195 Å². The molecule has 2 aromatic carbocycles. The second-order valence-electron chi connectivity index (χ2n) is 8.15. The molecule has 0 saturated carbocycles. The van der Waals surface area contributed by atoms with Crippen LogP contribution in [0.15, 0.2) is 36.4 Å². The van der Waals surface area contributed by atoms with Crippen molar-refractivity contribution >= 4 is 57.8 Å². The maximum Gasteiger partial charge on any atom is 0.320 e. The fourth-order valence-electron chi connectivity index (χ4n) is 3.64. The van der Waals surface area contributed by atoms with Crippen molar-refractivity contribution in [2.24, 2.45) is 5.41 Å². The minimum atomic E-state index is -2.12. The van der Waals surface area contributed by atoms with Crippen molar-refractivity contribution in [3.63, 3.8) is 0 Å². The quantitative estimate of drug-likeness (QED) is 0.241. The number of anilines is 4. The molecule has 15 nitrogen and oxygen atoms in total. The van der Waals surface area contributed by atoms with Crippen LogP contribution in [0.25, 0.3) is 0 Å². The first-order chi connectivity index (χ1) is 16.3. The highest BCUT2D eigenvalue weighted by Gasteiger charge is 2.50. The normalized spacial score (nSPS) is 19.1. The molecule has 0 unspecified atom stereocenters. The van der Waals surface area contributed by atoms with Gasteiger partial charge in [0.05, 0.1) is 32.6 Å². The first-order valence-electron chi connectivity index (χ1n) is 9.89. The van der Waals surface area contributed by atoms with Gasteiger partial charge in [0.2, 0.25) is 18.2 Å². The summed E-state index contributed by atoms with van der Waals surface area (Å²) in [6.07, 6.45) is -2.12. The lowest BCUT2D eigenvalue weighted by Crippen LogP contribution is -2.56. The number of benzene rings is 2. The Bertz CT molecular complexity index is 1350. The van der Waals surface area contributed by atoms with Gasteiger partial charge in [-0.1, -0.05) is 0 Å². The zero-order valence-electron chi connectivity index (χ0n) is 18.0. The summed E-state index contributed by atoms with van der Waals surface area (Å²) in [5.74, 6) is -4.70. The lowest BCUT2D eigenvalue weighted by Gasteiger charge is -2.32. The number of rotatable bonds is 2. The summed E-state index contributed by atoms with van der Waals surface area (Å²) in [6, 6.07) is 6.08. The van der Waals surface area contributed by atoms with Gasteiger partial charge in [0.1, 0.15) is 5.41 Å². The number of nitro groups is 2. The van der Waals surface area contributed by atoms with E-state index in [9.17, 15) is 44.5 Å². The molecule has 4 rings (SSSR count). The highest BCUT2D eigenvalue weighted by molar-refractivity contribution is 6.45. The van der Waals surface area contributed by atoms with Gasteiger partial charge >= 0.3 is 11.8 Å². The van der Waals surface area contributed by atoms with Crippen molar-refractivity contribution in [3.8, 4) is 0 Å². The number of nitrogens with zero attached hydrogens (tertiary/aromatic N) is 4. The Balaban J connectivity index is 1.93. The van der Waals surface area contributed by atoms with Gasteiger partial charge in [-0.25, -0.2) is 0 Å². The maximum absolute atomic E-state index is 13.4. The lowest BCUT2D eigenvalue weighted by atomic mass is 9.90. The number of nitro benzene ring substituents is 2. The Kier molecular flexibility index (Phi) is 5.21. The van der Waals surface area contributed by atoms with Crippen molar-refractivity contribution < 1.29 is 34.1 Å². The van der Waals surface area contributed by atoms with E-state index >= 15 is 0 Å². The van der Waals surface area contributed by atoms with Crippen molar-refractivity contribution in [2.75, 3.05) is 20.4 Å². The van der Waals surface area contributed by atoms with Gasteiger partial charge in [-0.15, -0.1) is 0 Å². The summed E-state index contributed by atoms with van der Waals surface area (Å²) in [4.78, 5) is 74.4. The molecular formula is C20H16N6O9. The van der Waals surface area contributed by atoms with E-state index in [4.69, 9.17) is 0 Å². The van der Waals surface area contributed by atoms with Crippen LogP contribution in [-0.4, -0.2) is 44.9 Å². The van der Waals surface area contributed by atoms with Crippen LogP contribution in [0.3, 0.4) is 0 Å². The Hall–Kier alpha value is -4.92. The number of non-ortho nitro benzene ring substituents is 2. The monoisotopic (exact) mass is 484 g/mol. The number of carbonyl (C=O) groups excluding carboxylic acids is 4. The fourth-order valence-corrected chi connectivity index (χ4v) is 3.64. The molecule has 35 heavy (non-hydrogen) atoms. The van der Waals surface area contributed by atoms with Gasteiger partial charge < -0.3 is 15.7 Å². The molecule has 15 heteroatoms. The van der Waals surface area contributed by atoms with Crippen molar-refractivity contribution in [1.29, 1.82) is 0 Å². The lowest BCUT2D eigenvalue weighted by molar-refractivity contribution is -0.385. The van der Waals surface area contributed by atoms with Crippen LogP contribution in [0.4, 0.5) is 34.1 Å². The molecule has 4 amide bonds. The highest BCUT2D eigenvalue weighted by atomic mass is 16.6. The molecule has 0 saturated heterocycles. The fraction of sp³-hybridized carbons (Fsp3) is 0.200. The SMILES string of the molecule is CC1(C)C(=O)Nc2ccc([N+](=O)[O-])cc2NC(=O)C(=O)N2c3cc([N+](=O)[O-])ccc3N(C1=O)[C@@H]2O. The summed E-state index contributed by atoms with van der Waals surface area (Å²) in [5, 5.41) is 37.9. The van der Waals surface area contributed by atoms with E-state index in [1.54, 1.807) is 0 Å². The third-order valence-electron chi connectivity index (χ3n) is 5.60. The molecule has 0 aliphatic carbocycles. The van der Waals surface area contributed by atoms with E-state index in [0.29, 0.717) is 9.80 Å². The molecule has 2 heterocycles. The van der Waals surface area contributed by atoms with Crippen LogP contribution in [0.5, 0.6) is 0 Å². The number of aliphatic hydroxyl groups is 1. The van der Waals surface area contributed by atoms with E-state index in [2.05, 4.69) is 10.6 Å². The number of hydrogen-bond acceptors (Lipinski definition) is 9. The van der Waals surface area contributed by atoms with E-state index in [-0.39, 0.29) is 22.7 Å². The van der Waals surface area contributed by atoms with E-state index < -0.39 is 56.6 Å². The number of amides is 4. The van der Waals surface area contributed by atoms with Crippen LogP contribution in [-0.2, 0) is 19.2 Å². The first-order valence-corrected chi connectivity index (χ1v) is 9.89. The van der Waals surface area contributed by atoms with Gasteiger partial charge in [0.15, 0.2) is 0 Å². The molecule has 2 bridgehead atoms. The average molecular weight is 484 g/mol. The molecule has 0 aromatic heterocycles. The van der Waals surface area contributed by atoms with Gasteiger partial charge in [-0.05, 0) is 26.0 Å². The molecule has 0 spiro atoms. The van der Waals surface area contributed by atoms with Crippen LogP contribution in [0.1, 0.15) is 13.8 Å². The van der Waals surface area contributed by atoms with Gasteiger partial charge in [-0.2, -0.15) is 0 Å². The Morgan fingerprint density at radius 1 is 0.857 bits per heavy atom. The summed E-state index contributed by atoms with van der Waals surface area (Å²) >= 11 is 0. The number of fused-ring (bicyclic) bond motifs is 6. The second kappa shape index (κ2) is 7.84. The molecule has 2 aliphatic heterocycles. The van der Waals surface area contributed by atoms with Crippen LogP contribution >= 0.6 is 0 Å². The molecule has 180 valence electrons. The number of hydrogen-bond donors (Lipinski definition) is 3. The van der Waals surface area contributed by atoms with Crippen molar-refractivity contribution in [2.45, 2.75) is 20.2 Å². The molecule has 3 N–H and O–H groups in total. The Morgan fingerprint density at radius 3 is 2.09 bits per heavy atom. The average Bonchev–Trinajstić information content (AvgIpc) is 3.08. The number of nitrogens with one attached hydrogen (secondary N) is 2. The standard InChI is InChI=1S/C20H16N6O9/c1-20(2)17(29)22-11-5-3-9(25(32)33)7-12(11)21-15(27)16(28)23-14-8-10(26(34)35)4-6-13(14)24(18(20)30)19(23)31/h3-8,19,31H,1-2H3,(H,21,27)(H,22,29)/t19-/m1/s1. The summed E-state index contributed by atoms with van der Waals surface area (Å²) in [7, 11) is 0. The van der Waals surface area contributed by atoms with Crippen molar-refractivity contribution in [1.82, 2.24) is 0 Å². The number of carbonyl (C=O) groups is 4. The van der Waals surface area contributed by atoms with Crippen LogP contribution < -0.4 is 20.4 Å². The minimum Gasteiger partial charge on any atom is -0.356 e. The maximum atomic E-state index is 13.4. The third-order valence-corrected chi connectivity index (χ3v) is 5.60. The highest BCUT2D eigenvalue weighted by Crippen LogP contribution is 2.44. The smallest absolute Gasteiger partial charge is 0.320 e. The zero-order valence-corrected chi connectivity index (χ0v) is 18.0. The number of aliphatic hydroxyl groups excluding tert-OH is 1. The molecular weight excluding hydrogens is 468 g/mol. The van der Waals surface area contributed by atoms with Gasteiger partial charge in [0.25, 0.3) is 11.4 Å².